The number of phosphoric ester groups is 1. The summed E-state index contributed by atoms with van der Waals surface area (Å²) in [5, 5.41) is 0. The molecule has 1 aromatic rings. The van der Waals surface area contributed by atoms with E-state index in [0.29, 0.717) is 12.0 Å². The Morgan fingerprint density at radius 2 is 2.15 bits per heavy atom. The van der Waals surface area contributed by atoms with Crippen LogP contribution in [0.2, 0.25) is 0 Å². The minimum Gasteiger partial charge on any atom is -0.756 e. The third-order valence-electron chi connectivity index (χ3n) is 3.98. The number of ether oxygens (including phenoxy) is 1. The van der Waals surface area contributed by atoms with Crippen LogP contribution in [-0.2, 0) is 13.8 Å². The quantitative estimate of drug-likeness (QED) is 0.525. The second kappa shape index (κ2) is 7.93. The van der Waals surface area contributed by atoms with Gasteiger partial charge in [0.2, 0.25) is 0 Å². The highest BCUT2D eigenvalue weighted by Gasteiger charge is 2.42. The van der Waals surface area contributed by atoms with E-state index in [1.807, 2.05) is 0 Å². The first-order chi connectivity index (χ1) is 12.4. The van der Waals surface area contributed by atoms with Crippen LogP contribution < -0.4 is 15.2 Å². The highest BCUT2D eigenvalue weighted by molar-refractivity contribution is 7.44. The summed E-state index contributed by atoms with van der Waals surface area (Å²) in [5.41, 5.74) is 4.87. The molecule has 2 rings (SSSR count). The third kappa shape index (κ3) is 6.28. The lowest BCUT2D eigenvalue weighted by molar-refractivity contribution is -0.719. The van der Waals surface area contributed by atoms with Gasteiger partial charge >= 0.3 is 6.09 Å². The number of likely N-dealkylation sites (tertiary alicyclic amines) is 1. The molecule has 1 aromatic heterocycles. The smallest absolute Gasteiger partial charge is 0.410 e. The van der Waals surface area contributed by atoms with Gasteiger partial charge in [-0.15, -0.1) is 0 Å². The summed E-state index contributed by atoms with van der Waals surface area (Å²) in [6.45, 7) is 4.96. The van der Waals surface area contributed by atoms with Crippen LogP contribution in [0.3, 0.4) is 0 Å². The molecule has 1 unspecified atom stereocenters. The molecule has 10 nitrogen and oxygen atoms in total. The maximum atomic E-state index is 12.5. The van der Waals surface area contributed by atoms with Crippen molar-refractivity contribution in [3.05, 3.63) is 30.1 Å². The van der Waals surface area contributed by atoms with Crippen LogP contribution in [0.5, 0.6) is 0 Å². The molecule has 0 aliphatic carbocycles. The topological polar surface area (TPSA) is 146 Å². The Morgan fingerprint density at radius 1 is 1.48 bits per heavy atom. The van der Waals surface area contributed by atoms with Crippen molar-refractivity contribution in [3.8, 4) is 0 Å². The molecule has 1 aliphatic heterocycles. The molecule has 150 valence electrons. The zero-order chi connectivity index (χ0) is 20.4. The van der Waals surface area contributed by atoms with E-state index in [2.05, 4.69) is 4.52 Å². The number of hydrogen-bond acceptors (Lipinski definition) is 6. The number of carbonyl (C=O) groups excluding carboxylic acids is 2. The van der Waals surface area contributed by atoms with E-state index < -0.39 is 38.1 Å². The number of carbonyl (C=O) groups is 2. The Hall–Kier alpha value is -2.00. The Labute approximate surface area is 157 Å². The summed E-state index contributed by atoms with van der Waals surface area (Å²) in [6, 6.07) is 2.33. The van der Waals surface area contributed by atoms with Crippen molar-refractivity contribution in [2.45, 2.75) is 44.9 Å². The number of amides is 2. The standard InChI is InChI=1S/C16H24N3O7P/c1-16(2,3)26-15(21)19-9-12(7-13(19)10-25-27(22,23)24)18-6-4-5-11(8-18)14(17)20/h4-6,8,12-13H,7,9-10H2,1-3H3,(H3-,17,20,22,23,24)/t12-,13-/m0/s1. The van der Waals surface area contributed by atoms with E-state index in [9.17, 15) is 19.0 Å². The first-order valence-electron chi connectivity index (χ1n) is 8.34. The van der Waals surface area contributed by atoms with E-state index in [1.165, 1.54) is 4.90 Å². The Kier molecular flexibility index (Phi) is 6.26. The summed E-state index contributed by atoms with van der Waals surface area (Å²) in [7, 11) is -4.93. The van der Waals surface area contributed by atoms with Gasteiger partial charge in [-0.05, 0) is 26.8 Å². The fourth-order valence-corrected chi connectivity index (χ4v) is 3.22. The molecule has 11 heteroatoms. The predicted octanol–water partition coefficient (Wildman–Crippen LogP) is 0.101. The fourth-order valence-electron chi connectivity index (χ4n) is 2.86. The molecular weight excluding hydrogens is 377 g/mol. The summed E-state index contributed by atoms with van der Waals surface area (Å²) in [5.74, 6) is -0.584. The van der Waals surface area contributed by atoms with Crippen LogP contribution in [0, 0.1) is 0 Å². The van der Waals surface area contributed by atoms with E-state index in [-0.39, 0.29) is 12.6 Å². The Bertz CT molecular complexity index is 759. The molecule has 0 aromatic carbocycles. The van der Waals surface area contributed by atoms with Gasteiger partial charge in [-0.25, -0.2) is 4.79 Å². The van der Waals surface area contributed by atoms with Crippen LogP contribution in [0.4, 0.5) is 4.79 Å². The molecule has 3 atom stereocenters. The molecule has 27 heavy (non-hydrogen) atoms. The number of nitrogens with two attached hydrogens (primary N) is 1. The predicted molar refractivity (Wildman–Crippen MR) is 91.3 cm³/mol. The lowest BCUT2D eigenvalue weighted by atomic mass is 10.1. The largest absolute Gasteiger partial charge is 0.756 e. The van der Waals surface area contributed by atoms with E-state index in [1.54, 1.807) is 49.9 Å². The Balaban J connectivity index is 2.22. The highest BCUT2D eigenvalue weighted by Crippen LogP contribution is 2.34. The second-order valence-electron chi connectivity index (χ2n) is 7.34. The molecule has 1 fully saturated rings. The van der Waals surface area contributed by atoms with Gasteiger partial charge in [-0.3, -0.25) is 14.3 Å². The molecule has 3 N–H and O–H groups in total. The number of aromatic nitrogens is 1. The number of phosphoric acid groups is 1. The lowest BCUT2D eigenvalue weighted by Crippen LogP contribution is -2.44. The number of hydrogen-bond donors (Lipinski definition) is 2. The van der Waals surface area contributed by atoms with Crippen molar-refractivity contribution in [1.82, 2.24) is 4.90 Å². The summed E-state index contributed by atoms with van der Waals surface area (Å²) in [6.07, 6.45) is 3.00. The van der Waals surface area contributed by atoms with Crippen molar-refractivity contribution < 1.29 is 37.8 Å². The molecule has 0 saturated carbocycles. The first kappa shape index (κ1) is 21.3. The van der Waals surface area contributed by atoms with Gasteiger partial charge in [0.25, 0.3) is 13.7 Å². The van der Waals surface area contributed by atoms with Gasteiger partial charge in [-0.1, -0.05) is 0 Å². The number of pyridine rings is 1. The van der Waals surface area contributed by atoms with Crippen LogP contribution in [-0.4, -0.2) is 46.6 Å². The first-order valence-corrected chi connectivity index (χ1v) is 9.84. The molecule has 0 bridgehead atoms. The number of rotatable bonds is 5. The summed E-state index contributed by atoms with van der Waals surface area (Å²) >= 11 is 0. The average Bonchev–Trinajstić information content (AvgIpc) is 2.95. The molecule has 2 amide bonds. The zero-order valence-corrected chi connectivity index (χ0v) is 16.3. The molecule has 1 saturated heterocycles. The number of primary amides is 1. The summed E-state index contributed by atoms with van der Waals surface area (Å²) < 4.78 is 22.5. The van der Waals surface area contributed by atoms with Gasteiger partial charge in [0.1, 0.15) is 11.2 Å². The van der Waals surface area contributed by atoms with Gasteiger partial charge in [-0.2, -0.15) is 4.57 Å². The van der Waals surface area contributed by atoms with Gasteiger partial charge in [0.15, 0.2) is 18.4 Å². The Morgan fingerprint density at radius 3 is 2.70 bits per heavy atom. The monoisotopic (exact) mass is 401 g/mol. The van der Waals surface area contributed by atoms with Crippen LogP contribution in [0.15, 0.2) is 24.5 Å². The molecule has 1 aliphatic rings. The third-order valence-corrected chi connectivity index (χ3v) is 4.45. The van der Waals surface area contributed by atoms with Crippen molar-refractivity contribution >= 4 is 19.8 Å². The average molecular weight is 401 g/mol. The fraction of sp³-hybridized carbons (Fsp3) is 0.562. The SMILES string of the molecule is CC(C)(C)OC(=O)N1C[C@@H]([n+]2cccc(C(N)=O)c2)C[C@H]1COP(=O)([O-])O. The van der Waals surface area contributed by atoms with Crippen molar-refractivity contribution in [2.24, 2.45) is 5.73 Å². The maximum absolute atomic E-state index is 12.5. The van der Waals surface area contributed by atoms with Gasteiger partial charge in [0.05, 0.1) is 19.2 Å². The van der Waals surface area contributed by atoms with Crippen molar-refractivity contribution in [3.63, 3.8) is 0 Å². The minimum absolute atomic E-state index is 0.213. The van der Waals surface area contributed by atoms with Crippen LogP contribution >= 0.6 is 7.82 Å². The normalized spacial score (nSPS) is 22.3. The van der Waals surface area contributed by atoms with Crippen LogP contribution in [0.25, 0.3) is 0 Å². The van der Waals surface area contributed by atoms with Gasteiger partial charge in [0, 0.05) is 12.5 Å². The molecule has 0 radical (unpaired) electrons. The maximum Gasteiger partial charge on any atom is 0.410 e. The van der Waals surface area contributed by atoms with Crippen LogP contribution in [0.1, 0.15) is 43.6 Å². The highest BCUT2D eigenvalue weighted by atomic mass is 31.2. The zero-order valence-electron chi connectivity index (χ0n) is 15.4. The second-order valence-corrected chi connectivity index (χ2v) is 8.54. The lowest BCUT2D eigenvalue weighted by Gasteiger charge is -2.28. The number of nitrogens with zero attached hydrogens (tertiary/aromatic N) is 2. The molecule has 0 spiro atoms. The van der Waals surface area contributed by atoms with E-state index in [4.69, 9.17) is 15.4 Å². The van der Waals surface area contributed by atoms with E-state index in [0.717, 1.165) is 0 Å². The molecular formula is C16H24N3O7P. The van der Waals surface area contributed by atoms with E-state index >= 15 is 0 Å². The summed E-state index contributed by atoms with van der Waals surface area (Å²) in [4.78, 5) is 45.0. The van der Waals surface area contributed by atoms with Crippen molar-refractivity contribution in [1.29, 1.82) is 0 Å². The van der Waals surface area contributed by atoms with Gasteiger partial charge < -0.3 is 24.8 Å². The van der Waals surface area contributed by atoms with Crippen molar-refractivity contribution in [2.75, 3.05) is 13.2 Å². The molecule has 2 heterocycles. The minimum atomic E-state index is -4.93.